The fraction of sp³-hybridized carbons (Fsp3) is 0.469. The minimum absolute atomic E-state index is 0.162. The first kappa shape index (κ1) is 34.6. The van der Waals surface area contributed by atoms with Crippen molar-refractivity contribution in [3.05, 3.63) is 85.1 Å². The largest absolute Gasteiger partial charge is 0.480 e. The van der Waals surface area contributed by atoms with Crippen LogP contribution in [0.3, 0.4) is 0 Å². The van der Waals surface area contributed by atoms with Crippen molar-refractivity contribution in [3.8, 4) is 0 Å². The molecule has 0 aliphatic rings. The molecule has 0 radical (unpaired) electrons. The third-order valence-corrected chi connectivity index (χ3v) is 5.30. The summed E-state index contributed by atoms with van der Waals surface area (Å²) in [4.78, 5) is 34.8. The summed E-state index contributed by atoms with van der Waals surface area (Å²) >= 11 is 0. The van der Waals surface area contributed by atoms with Crippen LogP contribution in [0.5, 0.6) is 0 Å². The van der Waals surface area contributed by atoms with Gasteiger partial charge in [-0.25, -0.2) is 4.79 Å². The Bertz CT molecular complexity index is 848. The number of aliphatic carboxylic acids is 1. The molecule has 0 heterocycles. The van der Waals surface area contributed by atoms with Crippen LogP contribution in [0, 0.1) is 0 Å². The van der Waals surface area contributed by atoms with Crippen LogP contribution < -0.4 is 10.6 Å². The molecular weight excluding hydrogens is 476 g/mol. The van der Waals surface area contributed by atoms with Crippen molar-refractivity contribution in [2.75, 3.05) is 6.54 Å². The number of carbonyl (C=O) groups is 3. The summed E-state index contributed by atoms with van der Waals surface area (Å²) in [6.45, 7) is 4.38. The highest BCUT2D eigenvalue weighted by molar-refractivity contribution is 5.87. The number of hydrogen-bond donors (Lipinski definition) is 3. The molecule has 1 atom stereocenters. The maximum Gasteiger partial charge on any atom is 0.326 e. The second-order valence-electron chi connectivity index (χ2n) is 8.70. The molecule has 0 bridgehead atoms. The predicted octanol–water partition coefficient (Wildman–Crippen LogP) is 6.90. The van der Waals surface area contributed by atoms with Gasteiger partial charge in [-0.15, -0.1) is 0 Å². The summed E-state index contributed by atoms with van der Waals surface area (Å²) in [6.07, 6.45) is 36.8. The van der Waals surface area contributed by atoms with Gasteiger partial charge in [-0.05, 0) is 77.2 Å². The molecule has 38 heavy (non-hydrogen) atoms. The number of allylic oxidation sites excluding steroid dienone is 13. The molecule has 0 unspecified atom stereocenters. The van der Waals surface area contributed by atoms with E-state index in [0.29, 0.717) is 32.2 Å². The molecule has 0 aromatic carbocycles. The number of carbonyl (C=O) groups excluding carboxylic acids is 2. The number of nitrogens with one attached hydrogen (secondary N) is 2. The van der Waals surface area contributed by atoms with Crippen molar-refractivity contribution in [1.82, 2.24) is 10.6 Å². The summed E-state index contributed by atoms with van der Waals surface area (Å²) in [5.41, 5.74) is 0. The molecule has 0 spiro atoms. The number of rotatable bonds is 22. The van der Waals surface area contributed by atoms with Crippen molar-refractivity contribution < 1.29 is 19.5 Å². The third-order valence-electron chi connectivity index (χ3n) is 5.30. The van der Waals surface area contributed by atoms with Crippen LogP contribution >= 0.6 is 0 Å². The van der Waals surface area contributed by atoms with E-state index in [2.05, 4.69) is 78.3 Å². The van der Waals surface area contributed by atoms with E-state index in [4.69, 9.17) is 0 Å². The van der Waals surface area contributed by atoms with Gasteiger partial charge in [-0.1, -0.05) is 85.9 Å². The molecule has 0 aliphatic carbocycles. The standard InChI is InChI=1S/C32H48N2O4/c1-3-5-6-7-8-9-10-11-12-13-14-15-16-17-18-19-20-21-22-27-31(36)34-29(32(37)38)26-23-24-28-33-30(35)25-4-2/h4-6,8-9,11-12,14-15,17-18,20-21,25,29H,3,7,10,13,16,19,22-24,26-28H2,1-2H3,(H,33,35)(H,34,36)(H,37,38)/b6-5-,9-8-,12-11-,15-14-,18-17-,21-20-,25-4+/t29-/m0/s1. The lowest BCUT2D eigenvalue weighted by atomic mass is 10.1. The lowest BCUT2D eigenvalue weighted by Crippen LogP contribution is -2.40. The molecule has 0 saturated carbocycles. The van der Waals surface area contributed by atoms with E-state index in [1.165, 1.54) is 6.08 Å². The smallest absolute Gasteiger partial charge is 0.326 e. The van der Waals surface area contributed by atoms with E-state index in [1.54, 1.807) is 13.0 Å². The Hall–Kier alpha value is -3.41. The zero-order valence-electron chi connectivity index (χ0n) is 23.3. The Morgan fingerprint density at radius 3 is 1.71 bits per heavy atom. The van der Waals surface area contributed by atoms with Crippen LogP contribution in [0.1, 0.15) is 84.5 Å². The SMILES string of the molecule is C/C=C/C(=O)NCCCC[C@H](NC(=O)CC/C=C\C/C=C\C/C=C\C/C=C\C/C=C\C/C=C\CC)C(=O)O. The van der Waals surface area contributed by atoms with Gasteiger partial charge < -0.3 is 15.7 Å². The molecular formula is C32H48N2O4. The van der Waals surface area contributed by atoms with Crippen LogP contribution in [0.4, 0.5) is 0 Å². The number of hydrogen-bond acceptors (Lipinski definition) is 3. The summed E-state index contributed by atoms with van der Waals surface area (Å²) in [5.74, 6) is -1.46. The maximum absolute atomic E-state index is 12.1. The van der Waals surface area contributed by atoms with Crippen LogP contribution in [-0.2, 0) is 14.4 Å². The lowest BCUT2D eigenvalue weighted by molar-refractivity contribution is -0.142. The summed E-state index contributed by atoms with van der Waals surface area (Å²) in [6, 6.07) is -0.904. The van der Waals surface area contributed by atoms with Crippen molar-refractivity contribution in [3.63, 3.8) is 0 Å². The van der Waals surface area contributed by atoms with Crippen molar-refractivity contribution in [2.45, 2.75) is 90.5 Å². The summed E-state index contributed by atoms with van der Waals surface area (Å²) in [7, 11) is 0. The third kappa shape index (κ3) is 24.3. The van der Waals surface area contributed by atoms with Gasteiger partial charge in [0.25, 0.3) is 0 Å². The van der Waals surface area contributed by atoms with Gasteiger partial charge in [-0.2, -0.15) is 0 Å². The molecule has 0 aromatic heterocycles. The molecule has 0 fully saturated rings. The average Bonchev–Trinajstić information content (AvgIpc) is 2.89. The first-order valence-electron chi connectivity index (χ1n) is 13.8. The number of carboxylic acids is 1. The van der Waals surface area contributed by atoms with E-state index in [0.717, 1.165) is 38.5 Å². The number of amides is 2. The average molecular weight is 525 g/mol. The van der Waals surface area contributed by atoms with E-state index < -0.39 is 12.0 Å². The minimum atomic E-state index is -1.04. The number of unbranched alkanes of at least 4 members (excludes halogenated alkanes) is 1. The van der Waals surface area contributed by atoms with Crippen LogP contribution in [0.2, 0.25) is 0 Å². The van der Waals surface area contributed by atoms with Crippen molar-refractivity contribution >= 4 is 17.8 Å². The van der Waals surface area contributed by atoms with Gasteiger partial charge in [0.05, 0.1) is 0 Å². The number of carboxylic acid groups (broad SMARTS) is 1. The van der Waals surface area contributed by atoms with Crippen molar-refractivity contribution in [2.24, 2.45) is 0 Å². The van der Waals surface area contributed by atoms with Gasteiger partial charge >= 0.3 is 5.97 Å². The quantitative estimate of drug-likeness (QED) is 0.0816. The molecule has 210 valence electrons. The van der Waals surface area contributed by atoms with Gasteiger partial charge in [0.15, 0.2) is 0 Å². The Balaban J connectivity index is 3.89. The maximum atomic E-state index is 12.1. The topological polar surface area (TPSA) is 95.5 Å². The fourth-order valence-corrected chi connectivity index (χ4v) is 3.27. The van der Waals surface area contributed by atoms with Gasteiger partial charge in [0.2, 0.25) is 11.8 Å². The molecule has 0 saturated heterocycles. The van der Waals surface area contributed by atoms with Crippen molar-refractivity contribution in [1.29, 1.82) is 0 Å². The van der Waals surface area contributed by atoms with E-state index >= 15 is 0 Å². The van der Waals surface area contributed by atoms with E-state index in [9.17, 15) is 19.5 Å². The van der Waals surface area contributed by atoms with Crippen LogP contribution in [-0.4, -0.2) is 35.5 Å². The molecule has 0 aromatic rings. The molecule has 3 N–H and O–H groups in total. The van der Waals surface area contributed by atoms with Gasteiger partial charge in [-0.3, -0.25) is 9.59 Å². The zero-order chi connectivity index (χ0) is 28.1. The van der Waals surface area contributed by atoms with Crippen LogP contribution in [0.25, 0.3) is 0 Å². The molecule has 6 heteroatoms. The Morgan fingerprint density at radius 1 is 0.737 bits per heavy atom. The normalized spacial score (nSPS) is 13.3. The Labute approximate surface area is 230 Å². The minimum Gasteiger partial charge on any atom is -0.480 e. The highest BCUT2D eigenvalue weighted by Gasteiger charge is 2.18. The van der Waals surface area contributed by atoms with Crippen LogP contribution in [0.15, 0.2) is 85.1 Å². The molecule has 2 amide bonds. The first-order chi connectivity index (χ1) is 18.5. The molecule has 0 aliphatic heterocycles. The molecule has 6 nitrogen and oxygen atoms in total. The highest BCUT2D eigenvalue weighted by Crippen LogP contribution is 2.03. The molecule has 0 rings (SSSR count). The summed E-state index contributed by atoms with van der Waals surface area (Å²) in [5, 5.41) is 14.7. The Kier molecular flexibility index (Phi) is 24.3. The predicted molar refractivity (Wildman–Crippen MR) is 159 cm³/mol. The second-order valence-corrected chi connectivity index (χ2v) is 8.70. The highest BCUT2D eigenvalue weighted by atomic mass is 16.4. The lowest BCUT2D eigenvalue weighted by Gasteiger charge is -2.14. The first-order valence-corrected chi connectivity index (χ1v) is 13.8. The Morgan fingerprint density at radius 2 is 1.24 bits per heavy atom. The van der Waals surface area contributed by atoms with E-state index in [-0.39, 0.29) is 18.2 Å². The monoisotopic (exact) mass is 524 g/mol. The second kappa shape index (κ2) is 26.6. The van der Waals surface area contributed by atoms with Gasteiger partial charge in [0.1, 0.15) is 6.04 Å². The summed E-state index contributed by atoms with van der Waals surface area (Å²) < 4.78 is 0. The van der Waals surface area contributed by atoms with E-state index in [1.807, 2.05) is 12.2 Å². The zero-order valence-corrected chi connectivity index (χ0v) is 23.3. The fourth-order valence-electron chi connectivity index (χ4n) is 3.27. The van der Waals surface area contributed by atoms with Gasteiger partial charge in [0, 0.05) is 13.0 Å².